The predicted molar refractivity (Wildman–Crippen MR) is 106 cm³/mol. The number of carbonyl (C=O) groups excluding carboxylic acids is 2. The molecule has 10 heteroatoms. The quantitative estimate of drug-likeness (QED) is 0.792. The van der Waals surface area contributed by atoms with E-state index < -0.39 is 0 Å². The molecule has 0 atom stereocenters. The number of amides is 2. The molecule has 1 aliphatic heterocycles. The average Bonchev–Trinajstić information content (AvgIpc) is 3.19. The Morgan fingerprint density at radius 1 is 1.28 bits per heavy atom. The van der Waals surface area contributed by atoms with Crippen LogP contribution in [0, 0.1) is 0 Å². The number of thiazole rings is 1. The number of thiophene rings is 1. The first-order valence-corrected chi connectivity index (χ1v) is 9.20. The van der Waals surface area contributed by atoms with Crippen LogP contribution in [0.2, 0.25) is 0 Å². The van der Waals surface area contributed by atoms with E-state index in [-0.39, 0.29) is 49.1 Å². The molecule has 2 amide bonds. The highest BCUT2D eigenvalue weighted by Crippen LogP contribution is 2.19. The second-order valence-corrected chi connectivity index (χ2v) is 7.28. The summed E-state index contributed by atoms with van der Waals surface area (Å²) < 4.78 is 0. The number of hydrogen-bond donors (Lipinski definition) is 2. The first-order valence-electron chi connectivity index (χ1n) is 7.44. The summed E-state index contributed by atoms with van der Waals surface area (Å²) in [6.07, 6.45) is 1.97. The topological polar surface area (TPSA) is 88.3 Å². The van der Waals surface area contributed by atoms with E-state index in [9.17, 15) is 9.59 Å². The average molecular weight is 423 g/mol. The lowest BCUT2D eigenvalue weighted by Gasteiger charge is -2.30. The highest BCUT2D eigenvalue weighted by Gasteiger charge is 2.21. The fourth-order valence-corrected chi connectivity index (χ4v) is 3.75. The van der Waals surface area contributed by atoms with Crippen molar-refractivity contribution in [1.82, 2.24) is 9.88 Å². The van der Waals surface area contributed by atoms with Crippen molar-refractivity contribution in [3.8, 4) is 0 Å². The summed E-state index contributed by atoms with van der Waals surface area (Å²) >= 11 is 2.72. The Bertz CT molecular complexity index is 686. The molecule has 1 aliphatic rings. The highest BCUT2D eigenvalue weighted by atomic mass is 35.5. The molecule has 2 aromatic heterocycles. The van der Waals surface area contributed by atoms with E-state index in [0.717, 1.165) is 12.8 Å². The van der Waals surface area contributed by atoms with Gasteiger partial charge in [-0.2, -0.15) is 0 Å². The van der Waals surface area contributed by atoms with Crippen LogP contribution in [0.15, 0.2) is 22.9 Å². The van der Waals surface area contributed by atoms with E-state index >= 15 is 0 Å². The standard InChI is InChI=1S/C15H18N4O2S2.2ClH/c16-10-3-5-19(6-4-10)13(20)8-11-9-23-15(17-11)18-14(21)12-2-1-7-22-12;;/h1-2,7,9-10H,3-6,8,16H2,(H,17,18,21);2*1H. The minimum atomic E-state index is -0.169. The van der Waals surface area contributed by atoms with Crippen molar-refractivity contribution >= 4 is 64.4 Å². The molecule has 1 fully saturated rings. The lowest BCUT2D eigenvalue weighted by atomic mass is 10.1. The van der Waals surface area contributed by atoms with Crippen LogP contribution in [0.25, 0.3) is 0 Å². The van der Waals surface area contributed by atoms with Crippen LogP contribution in [0.3, 0.4) is 0 Å². The predicted octanol–water partition coefficient (Wildman–Crippen LogP) is 2.79. The molecule has 0 unspecified atom stereocenters. The van der Waals surface area contributed by atoms with Crippen LogP contribution < -0.4 is 11.1 Å². The minimum Gasteiger partial charge on any atom is -0.342 e. The number of anilines is 1. The summed E-state index contributed by atoms with van der Waals surface area (Å²) in [5.41, 5.74) is 6.54. The van der Waals surface area contributed by atoms with Crippen LogP contribution in [0.5, 0.6) is 0 Å². The minimum absolute atomic E-state index is 0. The van der Waals surface area contributed by atoms with Gasteiger partial charge < -0.3 is 10.6 Å². The lowest BCUT2D eigenvalue weighted by molar-refractivity contribution is -0.131. The summed E-state index contributed by atoms with van der Waals surface area (Å²) in [7, 11) is 0. The van der Waals surface area contributed by atoms with Crippen molar-refractivity contribution in [3.05, 3.63) is 33.5 Å². The zero-order chi connectivity index (χ0) is 16.2. The normalized spacial score (nSPS) is 14.4. The number of carbonyl (C=O) groups is 2. The van der Waals surface area contributed by atoms with Gasteiger partial charge in [-0.15, -0.1) is 47.5 Å². The molecular formula is C15H20Cl2N4O2S2. The number of likely N-dealkylation sites (tertiary alicyclic amines) is 1. The maximum Gasteiger partial charge on any atom is 0.267 e. The molecule has 0 bridgehead atoms. The second kappa shape index (κ2) is 10.1. The number of aromatic nitrogens is 1. The fourth-order valence-electron chi connectivity index (χ4n) is 2.43. The molecule has 0 saturated carbocycles. The molecule has 0 radical (unpaired) electrons. The van der Waals surface area contributed by atoms with Gasteiger partial charge in [0.1, 0.15) is 0 Å². The molecule has 25 heavy (non-hydrogen) atoms. The lowest BCUT2D eigenvalue weighted by Crippen LogP contribution is -2.43. The van der Waals surface area contributed by atoms with Crippen LogP contribution in [-0.2, 0) is 11.2 Å². The van der Waals surface area contributed by atoms with E-state index in [1.165, 1.54) is 22.7 Å². The van der Waals surface area contributed by atoms with E-state index in [0.29, 0.717) is 28.8 Å². The molecule has 0 spiro atoms. The van der Waals surface area contributed by atoms with Gasteiger partial charge in [-0.05, 0) is 24.3 Å². The SMILES string of the molecule is Cl.Cl.NC1CCN(C(=O)Cc2csc(NC(=O)c3cccs3)n2)CC1. The zero-order valence-electron chi connectivity index (χ0n) is 13.3. The summed E-state index contributed by atoms with van der Waals surface area (Å²) in [4.78, 5) is 31.0. The van der Waals surface area contributed by atoms with Crippen molar-refractivity contribution in [2.75, 3.05) is 18.4 Å². The van der Waals surface area contributed by atoms with Gasteiger partial charge in [-0.25, -0.2) is 4.98 Å². The number of piperidine rings is 1. The smallest absolute Gasteiger partial charge is 0.267 e. The van der Waals surface area contributed by atoms with Crippen LogP contribution >= 0.6 is 47.5 Å². The molecule has 2 aromatic rings. The first-order chi connectivity index (χ1) is 11.1. The highest BCUT2D eigenvalue weighted by molar-refractivity contribution is 7.14. The number of hydrogen-bond acceptors (Lipinski definition) is 6. The maximum absolute atomic E-state index is 12.3. The number of nitrogens with one attached hydrogen (secondary N) is 1. The third kappa shape index (κ3) is 5.93. The third-order valence-corrected chi connectivity index (χ3v) is 5.42. The summed E-state index contributed by atoms with van der Waals surface area (Å²) in [6.45, 7) is 1.43. The number of halogens is 2. The maximum atomic E-state index is 12.3. The Morgan fingerprint density at radius 2 is 2.00 bits per heavy atom. The van der Waals surface area contributed by atoms with Crippen molar-refractivity contribution in [3.63, 3.8) is 0 Å². The van der Waals surface area contributed by atoms with Gasteiger partial charge in [0.05, 0.1) is 17.0 Å². The van der Waals surface area contributed by atoms with Crippen molar-refractivity contribution in [1.29, 1.82) is 0 Å². The summed E-state index contributed by atoms with van der Waals surface area (Å²) in [5, 5.41) is 6.95. The molecule has 0 aliphatic carbocycles. The van der Waals surface area contributed by atoms with Gasteiger partial charge in [-0.3, -0.25) is 14.9 Å². The van der Waals surface area contributed by atoms with Gasteiger partial charge in [-0.1, -0.05) is 6.07 Å². The number of nitrogens with zero attached hydrogens (tertiary/aromatic N) is 2. The van der Waals surface area contributed by atoms with Crippen LogP contribution in [0.1, 0.15) is 28.2 Å². The molecular weight excluding hydrogens is 403 g/mol. The molecule has 6 nitrogen and oxygen atoms in total. The Balaban J connectivity index is 0.00000156. The monoisotopic (exact) mass is 422 g/mol. The molecule has 0 aromatic carbocycles. The van der Waals surface area contributed by atoms with E-state index in [4.69, 9.17) is 5.73 Å². The second-order valence-electron chi connectivity index (χ2n) is 5.47. The van der Waals surface area contributed by atoms with Crippen molar-refractivity contribution in [2.24, 2.45) is 5.73 Å². The molecule has 3 heterocycles. The fraction of sp³-hybridized carbons (Fsp3) is 0.400. The third-order valence-electron chi connectivity index (χ3n) is 3.74. The van der Waals surface area contributed by atoms with Gasteiger partial charge >= 0.3 is 0 Å². The van der Waals surface area contributed by atoms with Crippen LogP contribution in [0.4, 0.5) is 5.13 Å². The summed E-state index contributed by atoms with van der Waals surface area (Å²) in [6, 6.07) is 3.80. The van der Waals surface area contributed by atoms with E-state index in [2.05, 4.69) is 10.3 Å². The number of nitrogens with two attached hydrogens (primary N) is 1. The van der Waals surface area contributed by atoms with E-state index in [1.807, 2.05) is 21.7 Å². The zero-order valence-corrected chi connectivity index (χ0v) is 16.6. The number of rotatable bonds is 4. The van der Waals surface area contributed by atoms with Gasteiger partial charge in [0.2, 0.25) is 5.91 Å². The van der Waals surface area contributed by atoms with E-state index in [1.54, 1.807) is 6.07 Å². The van der Waals surface area contributed by atoms with Crippen molar-refractivity contribution in [2.45, 2.75) is 25.3 Å². The van der Waals surface area contributed by atoms with Crippen molar-refractivity contribution < 1.29 is 9.59 Å². The largest absolute Gasteiger partial charge is 0.342 e. The Labute approximate surface area is 166 Å². The molecule has 3 N–H and O–H groups in total. The Hall–Kier alpha value is -1.19. The van der Waals surface area contributed by atoms with Crippen LogP contribution in [-0.4, -0.2) is 40.8 Å². The van der Waals surface area contributed by atoms with Gasteiger partial charge in [0.25, 0.3) is 5.91 Å². The summed E-state index contributed by atoms with van der Waals surface area (Å²) in [5.74, 6) is -0.101. The molecule has 3 rings (SSSR count). The molecule has 138 valence electrons. The molecule has 1 saturated heterocycles. The Morgan fingerprint density at radius 3 is 2.64 bits per heavy atom. The first kappa shape index (κ1) is 21.9. The Kier molecular flexibility index (Phi) is 8.81. The van der Waals surface area contributed by atoms with Gasteiger partial charge in [0, 0.05) is 24.5 Å². The van der Waals surface area contributed by atoms with Gasteiger partial charge in [0.15, 0.2) is 5.13 Å².